The van der Waals surface area contributed by atoms with E-state index in [-0.39, 0.29) is 6.54 Å². The van der Waals surface area contributed by atoms with Crippen LogP contribution in [0.4, 0.5) is 22.0 Å². The molecule has 1 aliphatic heterocycles. The SMILES string of the molecule is O=C1C2C=CC=CC=C2CCN1OCc1c(F)c(F)c(F)c(F)c1F. The third kappa shape index (κ3) is 3.09. The molecule has 3 nitrogen and oxygen atoms in total. The normalized spacial score (nSPS) is 19.7. The van der Waals surface area contributed by atoms with E-state index in [2.05, 4.69) is 0 Å². The van der Waals surface area contributed by atoms with Crippen molar-refractivity contribution in [2.45, 2.75) is 13.0 Å². The second kappa shape index (κ2) is 6.79. The molecule has 1 heterocycles. The zero-order valence-corrected chi connectivity index (χ0v) is 12.7. The molecule has 132 valence electrons. The van der Waals surface area contributed by atoms with E-state index >= 15 is 0 Å². The quantitative estimate of drug-likeness (QED) is 0.469. The minimum Gasteiger partial charge on any atom is -0.272 e. The second-order valence-corrected chi connectivity index (χ2v) is 5.50. The molecule has 1 aromatic carbocycles. The van der Waals surface area contributed by atoms with Crippen LogP contribution in [0.5, 0.6) is 0 Å². The number of hydroxylamine groups is 2. The monoisotopic (exact) mass is 357 g/mol. The summed E-state index contributed by atoms with van der Waals surface area (Å²) in [6.45, 7) is -0.844. The van der Waals surface area contributed by atoms with E-state index in [1.54, 1.807) is 30.4 Å². The van der Waals surface area contributed by atoms with Crippen LogP contribution in [0.3, 0.4) is 0 Å². The van der Waals surface area contributed by atoms with Gasteiger partial charge in [-0.05, 0) is 6.42 Å². The number of piperidine rings is 1. The first kappa shape index (κ1) is 17.3. The van der Waals surface area contributed by atoms with Gasteiger partial charge in [0.2, 0.25) is 5.82 Å². The highest BCUT2D eigenvalue weighted by molar-refractivity contribution is 5.84. The molecule has 8 heteroatoms. The highest BCUT2D eigenvalue weighted by Gasteiger charge is 2.33. The van der Waals surface area contributed by atoms with Crippen molar-refractivity contribution in [1.82, 2.24) is 5.06 Å². The predicted octanol–water partition coefficient (Wildman–Crippen LogP) is 3.71. The Morgan fingerprint density at radius 3 is 2.28 bits per heavy atom. The highest BCUT2D eigenvalue weighted by atomic mass is 19.2. The minimum atomic E-state index is -2.24. The van der Waals surface area contributed by atoms with Gasteiger partial charge in [0.25, 0.3) is 5.91 Å². The van der Waals surface area contributed by atoms with Crippen molar-refractivity contribution < 1.29 is 31.6 Å². The van der Waals surface area contributed by atoms with Crippen molar-refractivity contribution in [2.24, 2.45) is 5.92 Å². The number of halogens is 5. The number of allylic oxidation sites excluding steroid dienone is 4. The van der Waals surface area contributed by atoms with E-state index < -0.39 is 53.1 Å². The molecular weight excluding hydrogens is 345 g/mol. The third-order valence-electron chi connectivity index (χ3n) is 4.02. The standard InChI is InChI=1S/C17H12F5NO2/c18-12-11(13(19)15(21)16(22)14(12)20)8-25-23-7-6-9-4-2-1-3-5-10(9)17(23)24/h1-5,10H,6-8H2. The largest absolute Gasteiger partial charge is 0.272 e. The Morgan fingerprint density at radius 1 is 0.960 bits per heavy atom. The fourth-order valence-corrected chi connectivity index (χ4v) is 2.67. The molecule has 1 unspecified atom stereocenters. The van der Waals surface area contributed by atoms with Gasteiger partial charge in [0.15, 0.2) is 23.3 Å². The van der Waals surface area contributed by atoms with Gasteiger partial charge in [-0.15, -0.1) is 0 Å². The van der Waals surface area contributed by atoms with Crippen molar-refractivity contribution in [1.29, 1.82) is 0 Å². The van der Waals surface area contributed by atoms with Crippen LogP contribution in [0, 0.1) is 35.0 Å². The molecule has 0 radical (unpaired) electrons. The molecular formula is C17H12F5NO2. The molecule has 0 bridgehead atoms. The Morgan fingerprint density at radius 2 is 1.60 bits per heavy atom. The summed E-state index contributed by atoms with van der Waals surface area (Å²) in [6, 6.07) is 0. The van der Waals surface area contributed by atoms with E-state index in [0.717, 1.165) is 10.6 Å². The third-order valence-corrected chi connectivity index (χ3v) is 4.02. The number of carbonyl (C=O) groups is 1. The minimum absolute atomic E-state index is 0.109. The molecule has 0 saturated carbocycles. The summed E-state index contributed by atoms with van der Waals surface area (Å²) in [6.07, 6.45) is 9.11. The lowest BCUT2D eigenvalue weighted by atomic mass is 9.92. The second-order valence-electron chi connectivity index (χ2n) is 5.50. The average molecular weight is 357 g/mol. The number of carbonyl (C=O) groups excluding carboxylic acids is 1. The Hall–Kier alpha value is -2.48. The van der Waals surface area contributed by atoms with Gasteiger partial charge in [0.1, 0.15) is 6.61 Å². The topological polar surface area (TPSA) is 29.5 Å². The molecule has 1 saturated heterocycles. The lowest BCUT2D eigenvalue weighted by Crippen LogP contribution is -2.41. The lowest BCUT2D eigenvalue weighted by molar-refractivity contribution is -0.197. The lowest BCUT2D eigenvalue weighted by Gasteiger charge is -2.31. The summed E-state index contributed by atoms with van der Waals surface area (Å²) in [7, 11) is 0. The maximum atomic E-state index is 13.6. The van der Waals surface area contributed by atoms with Gasteiger partial charge in [-0.2, -0.15) is 0 Å². The zero-order valence-electron chi connectivity index (χ0n) is 12.7. The Bertz CT molecular complexity index is 787. The van der Waals surface area contributed by atoms with E-state index in [4.69, 9.17) is 4.84 Å². The maximum absolute atomic E-state index is 13.6. The molecule has 25 heavy (non-hydrogen) atoms. The summed E-state index contributed by atoms with van der Waals surface area (Å²) in [5.41, 5.74) is -0.269. The number of nitrogens with zero attached hydrogens (tertiary/aromatic N) is 1. The molecule has 0 aromatic heterocycles. The van der Waals surface area contributed by atoms with Crippen LogP contribution in [-0.4, -0.2) is 17.5 Å². The molecule has 0 spiro atoms. The Balaban J connectivity index is 1.78. The van der Waals surface area contributed by atoms with Crippen LogP contribution in [0.25, 0.3) is 0 Å². The smallest absolute Gasteiger partial charge is 0.257 e. The average Bonchev–Trinajstić information content (AvgIpc) is 2.86. The van der Waals surface area contributed by atoms with E-state index in [1.807, 2.05) is 0 Å². The molecule has 1 atom stereocenters. The van der Waals surface area contributed by atoms with Crippen LogP contribution in [-0.2, 0) is 16.2 Å². The Kier molecular flexibility index (Phi) is 4.71. The van der Waals surface area contributed by atoms with Crippen molar-refractivity contribution in [3.63, 3.8) is 0 Å². The molecule has 2 aliphatic rings. The van der Waals surface area contributed by atoms with Gasteiger partial charge in [0.05, 0.1) is 18.0 Å². The first-order valence-corrected chi connectivity index (χ1v) is 7.40. The van der Waals surface area contributed by atoms with E-state index in [1.165, 1.54) is 0 Å². The number of rotatable bonds is 3. The molecule has 3 rings (SSSR count). The van der Waals surface area contributed by atoms with Crippen LogP contribution in [0.2, 0.25) is 0 Å². The van der Waals surface area contributed by atoms with Crippen molar-refractivity contribution >= 4 is 5.91 Å². The summed E-state index contributed by atoms with van der Waals surface area (Å²) in [5.74, 6) is -11.3. The fourth-order valence-electron chi connectivity index (χ4n) is 2.67. The molecule has 1 aromatic rings. The highest BCUT2D eigenvalue weighted by Crippen LogP contribution is 2.29. The molecule has 1 amide bonds. The van der Waals surface area contributed by atoms with Crippen molar-refractivity contribution in [3.8, 4) is 0 Å². The number of hydrogen-bond acceptors (Lipinski definition) is 2. The Labute approximate surface area is 139 Å². The summed E-state index contributed by atoms with van der Waals surface area (Å²) in [5, 5.41) is 0.885. The fraction of sp³-hybridized carbons (Fsp3) is 0.235. The van der Waals surface area contributed by atoms with Crippen LogP contribution >= 0.6 is 0 Å². The summed E-state index contributed by atoms with van der Waals surface area (Å²) in [4.78, 5) is 17.4. The van der Waals surface area contributed by atoms with E-state index in [9.17, 15) is 26.7 Å². The van der Waals surface area contributed by atoms with Crippen LogP contribution in [0.1, 0.15) is 12.0 Å². The predicted molar refractivity (Wildman–Crippen MR) is 77.2 cm³/mol. The molecule has 1 fully saturated rings. The van der Waals surface area contributed by atoms with Crippen LogP contribution in [0.15, 0.2) is 36.0 Å². The summed E-state index contributed by atoms with van der Waals surface area (Å²) >= 11 is 0. The van der Waals surface area contributed by atoms with Gasteiger partial charge in [0, 0.05) is 0 Å². The van der Waals surface area contributed by atoms with Gasteiger partial charge in [-0.1, -0.05) is 36.0 Å². The van der Waals surface area contributed by atoms with E-state index in [0.29, 0.717) is 6.42 Å². The van der Waals surface area contributed by atoms with Gasteiger partial charge in [-0.3, -0.25) is 9.63 Å². The first-order valence-electron chi connectivity index (χ1n) is 7.40. The zero-order chi connectivity index (χ0) is 18.1. The number of hydrogen-bond donors (Lipinski definition) is 0. The molecule has 0 N–H and O–H groups in total. The number of benzene rings is 1. The molecule has 1 aliphatic carbocycles. The van der Waals surface area contributed by atoms with Gasteiger partial charge in [-0.25, -0.2) is 27.0 Å². The van der Waals surface area contributed by atoms with Crippen molar-refractivity contribution in [3.05, 3.63) is 70.6 Å². The number of fused-ring (bicyclic) bond motifs is 1. The van der Waals surface area contributed by atoms with Crippen molar-refractivity contribution in [2.75, 3.05) is 6.54 Å². The first-order chi connectivity index (χ1) is 11.9. The van der Waals surface area contributed by atoms with Gasteiger partial charge < -0.3 is 0 Å². The summed E-state index contributed by atoms with van der Waals surface area (Å²) < 4.78 is 66.7. The number of amides is 1. The van der Waals surface area contributed by atoms with Crippen LogP contribution < -0.4 is 0 Å². The van der Waals surface area contributed by atoms with Gasteiger partial charge >= 0.3 is 0 Å². The maximum Gasteiger partial charge on any atom is 0.257 e.